The van der Waals surface area contributed by atoms with Crippen LogP contribution in [0.2, 0.25) is 0 Å². The predicted molar refractivity (Wildman–Crippen MR) is 103 cm³/mol. The third-order valence-electron chi connectivity index (χ3n) is 4.82. The van der Waals surface area contributed by atoms with E-state index in [-0.39, 0.29) is 30.3 Å². The van der Waals surface area contributed by atoms with E-state index in [4.69, 9.17) is 0 Å². The SMILES string of the molecule is Cl.O=C(NC1CCN(CCC(=O)N2CCNCC2)CC1)c1ccsc1. The van der Waals surface area contributed by atoms with Crippen LogP contribution < -0.4 is 10.6 Å². The number of thiophene rings is 1. The molecule has 2 aliphatic heterocycles. The molecular weight excluding hydrogens is 360 g/mol. The molecule has 0 bridgehead atoms. The predicted octanol–water partition coefficient (Wildman–Crippen LogP) is 1.19. The standard InChI is InChI=1S/C17H26N4O2S.ClH/c22-16(21-10-5-18-6-11-21)3-9-20-7-1-15(2-8-20)19-17(23)14-4-12-24-13-14;/h4,12-13,15,18H,1-3,5-11H2,(H,19,23);1H. The number of piperazine rings is 1. The first-order valence-electron chi connectivity index (χ1n) is 8.76. The number of rotatable bonds is 5. The molecule has 0 unspecified atom stereocenters. The van der Waals surface area contributed by atoms with E-state index in [2.05, 4.69) is 15.5 Å². The number of hydrogen-bond acceptors (Lipinski definition) is 5. The van der Waals surface area contributed by atoms with Crippen LogP contribution >= 0.6 is 23.7 Å². The first kappa shape index (κ1) is 20.2. The largest absolute Gasteiger partial charge is 0.349 e. The maximum atomic E-state index is 12.2. The van der Waals surface area contributed by atoms with Gasteiger partial charge in [-0.25, -0.2) is 0 Å². The molecule has 25 heavy (non-hydrogen) atoms. The molecular formula is C17H27ClN4O2S. The van der Waals surface area contributed by atoms with Crippen LogP contribution in [0.15, 0.2) is 16.8 Å². The van der Waals surface area contributed by atoms with Gasteiger partial charge in [0.2, 0.25) is 5.91 Å². The molecule has 140 valence electrons. The number of carbonyl (C=O) groups is 2. The zero-order chi connectivity index (χ0) is 16.8. The van der Waals surface area contributed by atoms with Gasteiger partial charge in [-0.3, -0.25) is 9.59 Å². The summed E-state index contributed by atoms with van der Waals surface area (Å²) >= 11 is 1.54. The Balaban J connectivity index is 0.00000225. The Kier molecular flexibility index (Phi) is 8.15. The number of nitrogens with zero attached hydrogens (tertiary/aromatic N) is 2. The third-order valence-corrected chi connectivity index (χ3v) is 5.50. The van der Waals surface area contributed by atoms with Crippen LogP contribution in [-0.2, 0) is 4.79 Å². The van der Waals surface area contributed by atoms with E-state index in [0.29, 0.717) is 6.42 Å². The molecule has 2 aliphatic rings. The molecule has 3 rings (SSSR count). The molecule has 2 saturated heterocycles. The average molecular weight is 387 g/mol. The van der Waals surface area contributed by atoms with Gasteiger partial charge in [0.1, 0.15) is 0 Å². The second-order valence-electron chi connectivity index (χ2n) is 6.48. The molecule has 0 saturated carbocycles. The fraction of sp³-hybridized carbons (Fsp3) is 0.647. The van der Waals surface area contributed by atoms with Crippen molar-refractivity contribution in [3.8, 4) is 0 Å². The monoisotopic (exact) mass is 386 g/mol. The number of halogens is 1. The highest BCUT2D eigenvalue weighted by Crippen LogP contribution is 2.13. The summed E-state index contributed by atoms with van der Waals surface area (Å²) < 4.78 is 0. The molecule has 2 N–H and O–H groups in total. The second kappa shape index (κ2) is 10.1. The Bertz CT molecular complexity index is 541. The molecule has 8 heteroatoms. The summed E-state index contributed by atoms with van der Waals surface area (Å²) in [4.78, 5) is 28.6. The summed E-state index contributed by atoms with van der Waals surface area (Å²) in [6.45, 7) is 6.19. The summed E-state index contributed by atoms with van der Waals surface area (Å²) in [5, 5.41) is 10.2. The molecule has 1 aromatic heterocycles. The minimum absolute atomic E-state index is 0. The zero-order valence-corrected chi connectivity index (χ0v) is 16.0. The molecule has 0 radical (unpaired) electrons. The summed E-state index contributed by atoms with van der Waals surface area (Å²) in [6, 6.07) is 2.11. The fourth-order valence-corrected chi connectivity index (χ4v) is 3.93. The van der Waals surface area contributed by atoms with Crippen molar-refractivity contribution in [2.24, 2.45) is 0 Å². The molecule has 6 nitrogen and oxygen atoms in total. The normalized spacial score (nSPS) is 19.3. The van der Waals surface area contributed by atoms with Gasteiger partial charge in [-0.1, -0.05) is 0 Å². The van der Waals surface area contributed by atoms with Crippen molar-refractivity contribution in [2.45, 2.75) is 25.3 Å². The van der Waals surface area contributed by atoms with Crippen molar-refractivity contribution in [2.75, 3.05) is 45.8 Å². The van der Waals surface area contributed by atoms with E-state index < -0.39 is 0 Å². The van der Waals surface area contributed by atoms with Crippen molar-refractivity contribution in [3.63, 3.8) is 0 Å². The van der Waals surface area contributed by atoms with Crippen LogP contribution in [-0.4, -0.2) is 73.5 Å². The highest BCUT2D eigenvalue weighted by atomic mass is 35.5. The van der Waals surface area contributed by atoms with Gasteiger partial charge in [0.15, 0.2) is 0 Å². The molecule has 0 aromatic carbocycles. The molecule has 0 spiro atoms. The minimum Gasteiger partial charge on any atom is -0.349 e. The van der Waals surface area contributed by atoms with Gasteiger partial charge in [-0.15, -0.1) is 12.4 Å². The highest BCUT2D eigenvalue weighted by molar-refractivity contribution is 7.08. The first-order chi connectivity index (χ1) is 11.7. The molecule has 3 heterocycles. The smallest absolute Gasteiger partial charge is 0.252 e. The van der Waals surface area contributed by atoms with E-state index in [1.54, 1.807) is 11.3 Å². The van der Waals surface area contributed by atoms with Crippen molar-refractivity contribution in [3.05, 3.63) is 22.4 Å². The number of hydrogen-bond donors (Lipinski definition) is 2. The lowest BCUT2D eigenvalue weighted by atomic mass is 10.0. The topological polar surface area (TPSA) is 64.7 Å². The molecule has 0 aliphatic carbocycles. The maximum absolute atomic E-state index is 12.2. The van der Waals surface area contributed by atoms with Crippen LogP contribution in [0.4, 0.5) is 0 Å². The van der Waals surface area contributed by atoms with Crippen LogP contribution in [0.25, 0.3) is 0 Å². The van der Waals surface area contributed by atoms with Crippen molar-refractivity contribution < 1.29 is 9.59 Å². The van der Waals surface area contributed by atoms with Gasteiger partial charge in [-0.2, -0.15) is 11.3 Å². The van der Waals surface area contributed by atoms with Crippen LogP contribution in [0.1, 0.15) is 29.6 Å². The van der Waals surface area contributed by atoms with E-state index in [0.717, 1.165) is 64.2 Å². The van der Waals surface area contributed by atoms with Crippen LogP contribution in [0, 0.1) is 0 Å². The highest BCUT2D eigenvalue weighted by Gasteiger charge is 2.22. The number of likely N-dealkylation sites (tertiary alicyclic amines) is 1. The Morgan fingerprint density at radius 3 is 2.56 bits per heavy atom. The minimum atomic E-state index is 0. The van der Waals surface area contributed by atoms with E-state index >= 15 is 0 Å². The van der Waals surface area contributed by atoms with E-state index in [1.165, 1.54) is 0 Å². The van der Waals surface area contributed by atoms with Gasteiger partial charge in [0.25, 0.3) is 5.91 Å². The Hall–Kier alpha value is -1.15. The lowest BCUT2D eigenvalue weighted by Crippen LogP contribution is -2.48. The van der Waals surface area contributed by atoms with Gasteiger partial charge >= 0.3 is 0 Å². The summed E-state index contributed by atoms with van der Waals surface area (Å²) in [7, 11) is 0. The Morgan fingerprint density at radius 1 is 1.20 bits per heavy atom. The second-order valence-corrected chi connectivity index (χ2v) is 7.26. The Morgan fingerprint density at radius 2 is 1.92 bits per heavy atom. The third kappa shape index (κ3) is 5.95. The van der Waals surface area contributed by atoms with Crippen molar-refractivity contribution >= 4 is 35.6 Å². The molecule has 0 atom stereocenters. The van der Waals surface area contributed by atoms with Gasteiger partial charge in [0.05, 0.1) is 0 Å². The van der Waals surface area contributed by atoms with Gasteiger partial charge < -0.3 is 20.4 Å². The summed E-state index contributed by atoms with van der Waals surface area (Å²) in [5.74, 6) is 0.299. The molecule has 2 fully saturated rings. The summed E-state index contributed by atoms with van der Waals surface area (Å²) in [6.07, 6.45) is 2.52. The number of nitrogens with one attached hydrogen (secondary N) is 2. The van der Waals surface area contributed by atoms with Gasteiger partial charge in [-0.05, 0) is 24.3 Å². The van der Waals surface area contributed by atoms with Crippen molar-refractivity contribution in [1.29, 1.82) is 0 Å². The van der Waals surface area contributed by atoms with E-state index in [9.17, 15) is 9.59 Å². The first-order valence-corrected chi connectivity index (χ1v) is 9.70. The maximum Gasteiger partial charge on any atom is 0.252 e. The van der Waals surface area contributed by atoms with Crippen LogP contribution in [0.3, 0.4) is 0 Å². The Labute approximate surface area is 159 Å². The summed E-state index contributed by atoms with van der Waals surface area (Å²) in [5.41, 5.74) is 0.754. The quantitative estimate of drug-likeness (QED) is 0.797. The lowest BCUT2D eigenvalue weighted by Gasteiger charge is -2.33. The van der Waals surface area contributed by atoms with E-state index in [1.807, 2.05) is 21.7 Å². The fourth-order valence-electron chi connectivity index (χ4n) is 3.29. The molecule has 2 amide bonds. The molecule has 1 aromatic rings. The lowest BCUT2D eigenvalue weighted by molar-refractivity contribution is -0.132. The van der Waals surface area contributed by atoms with Gasteiger partial charge in [0, 0.05) is 69.2 Å². The van der Waals surface area contributed by atoms with Crippen LogP contribution in [0.5, 0.6) is 0 Å². The van der Waals surface area contributed by atoms with Crippen molar-refractivity contribution in [1.82, 2.24) is 20.4 Å². The average Bonchev–Trinajstić information content (AvgIpc) is 3.16. The number of carbonyl (C=O) groups excluding carboxylic acids is 2. The number of amides is 2. The zero-order valence-electron chi connectivity index (χ0n) is 14.4. The number of piperidine rings is 1.